The van der Waals surface area contributed by atoms with E-state index < -0.39 is 19.5 Å². The van der Waals surface area contributed by atoms with E-state index in [1.54, 1.807) is 38.1 Å². The summed E-state index contributed by atoms with van der Waals surface area (Å²) < 4.78 is 15.7. The van der Waals surface area contributed by atoms with E-state index in [0.717, 1.165) is 0 Å². The van der Waals surface area contributed by atoms with Gasteiger partial charge in [-0.25, -0.2) is 14.5 Å². The number of amides is 1. The number of hydrogen-bond donors (Lipinski definition) is 3. The summed E-state index contributed by atoms with van der Waals surface area (Å²) in [6, 6.07) is 6.60. The summed E-state index contributed by atoms with van der Waals surface area (Å²) in [5, 5.41) is 2.69. The molecule has 0 aliphatic heterocycles. The Kier molecular flexibility index (Phi) is 6.42. The van der Waals surface area contributed by atoms with Crippen LogP contribution in [-0.2, 0) is 9.36 Å². The molecule has 3 N–H and O–H groups in total. The van der Waals surface area contributed by atoms with Gasteiger partial charge in [-0.1, -0.05) is 26.0 Å². The molecule has 0 radical (unpaired) electrons. The molecule has 1 aromatic heterocycles. The molecule has 0 saturated carbocycles. The Morgan fingerprint density at radius 1 is 1.19 bits per heavy atom. The van der Waals surface area contributed by atoms with Crippen LogP contribution in [0.2, 0.25) is 0 Å². The van der Waals surface area contributed by atoms with Gasteiger partial charge in [0.15, 0.2) is 11.5 Å². The van der Waals surface area contributed by atoms with Gasteiger partial charge in [-0.3, -0.25) is 19.4 Å². The Balaban J connectivity index is 2.17. The predicted molar refractivity (Wildman–Crippen MR) is 93.6 cm³/mol. The van der Waals surface area contributed by atoms with E-state index in [1.165, 1.54) is 0 Å². The highest BCUT2D eigenvalue weighted by Crippen LogP contribution is 2.38. The van der Waals surface area contributed by atoms with E-state index in [4.69, 9.17) is 9.79 Å². The lowest BCUT2D eigenvalue weighted by molar-refractivity contribution is -0.123. The van der Waals surface area contributed by atoms with Crippen molar-refractivity contribution in [3.05, 3.63) is 30.0 Å². The van der Waals surface area contributed by atoms with Gasteiger partial charge in [-0.05, 0) is 18.6 Å². The molecule has 0 aliphatic carbocycles. The second-order valence-corrected chi connectivity index (χ2v) is 7.08. The molecule has 0 atom stereocenters. The van der Waals surface area contributed by atoms with Gasteiger partial charge in [0.1, 0.15) is 0 Å². The van der Waals surface area contributed by atoms with Crippen molar-refractivity contribution in [1.29, 1.82) is 0 Å². The monoisotopic (exact) mass is 381 g/mol. The predicted octanol–water partition coefficient (Wildman–Crippen LogP) is 1.84. The number of nitrogens with one attached hydrogen (secondary N) is 1. The fourth-order valence-corrected chi connectivity index (χ4v) is 2.48. The van der Waals surface area contributed by atoms with Crippen LogP contribution in [0, 0.1) is 5.92 Å². The van der Waals surface area contributed by atoms with Gasteiger partial charge in [0.2, 0.25) is 5.91 Å². The lowest BCUT2D eigenvalue weighted by Gasteiger charge is -2.11. The molecule has 0 fully saturated rings. The van der Waals surface area contributed by atoms with Gasteiger partial charge in [0.25, 0.3) is 5.88 Å². The first kappa shape index (κ1) is 20.0. The average Bonchev–Trinajstić information content (AvgIpc) is 2.56. The number of carbonyl (C=O) groups is 2. The van der Waals surface area contributed by atoms with E-state index in [2.05, 4.69) is 19.8 Å². The van der Waals surface area contributed by atoms with E-state index in [0.29, 0.717) is 24.0 Å². The first-order chi connectivity index (χ1) is 12.2. The first-order valence-corrected chi connectivity index (χ1v) is 9.53. The lowest BCUT2D eigenvalue weighted by atomic mass is 10.1. The van der Waals surface area contributed by atoms with Crippen molar-refractivity contribution in [2.24, 2.45) is 5.92 Å². The number of fused-ring (bicyclic) bond motifs is 1. The van der Waals surface area contributed by atoms with Gasteiger partial charge in [0, 0.05) is 18.9 Å². The quantitative estimate of drug-likeness (QED) is 0.358. The molecule has 1 heterocycles. The van der Waals surface area contributed by atoms with E-state index in [1.807, 2.05) is 0 Å². The smallest absolute Gasteiger partial charge is 0.383 e. The Morgan fingerprint density at radius 2 is 1.81 bits per heavy atom. The Bertz CT molecular complexity index is 864. The normalized spacial score (nSPS) is 11.6. The summed E-state index contributed by atoms with van der Waals surface area (Å²) in [7, 11) is -4.90. The van der Waals surface area contributed by atoms with Crippen LogP contribution in [-0.4, -0.2) is 38.0 Å². The Hall–Kier alpha value is -2.35. The molecule has 0 spiro atoms. The third kappa shape index (κ3) is 5.59. The number of rotatable bonds is 8. The maximum Gasteiger partial charge on any atom is 0.526 e. The number of aromatic nitrogens is 2. The van der Waals surface area contributed by atoms with Gasteiger partial charge < -0.3 is 9.84 Å². The first-order valence-electron chi connectivity index (χ1n) is 8.00. The molecule has 9 nitrogen and oxygen atoms in total. The number of Topliss-reactive ketones (excluding diaryl/α,β-unsaturated/α-hetero) is 1. The molecule has 26 heavy (non-hydrogen) atoms. The van der Waals surface area contributed by atoms with Crippen LogP contribution in [0.25, 0.3) is 11.0 Å². The molecule has 10 heteroatoms. The fraction of sp³-hybridized carbons (Fsp3) is 0.375. The molecule has 140 valence electrons. The molecule has 0 unspecified atom stereocenters. The minimum Gasteiger partial charge on any atom is -0.383 e. The highest BCUT2D eigenvalue weighted by atomic mass is 31.2. The van der Waals surface area contributed by atoms with Crippen molar-refractivity contribution >= 4 is 30.5 Å². The molecule has 2 aromatic rings. The average molecular weight is 381 g/mol. The minimum atomic E-state index is -4.90. The van der Waals surface area contributed by atoms with Gasteiger partial charge in [-0.2, -0.15) is 0 Å². The largest absolute Gasteiger partial charge is 0.526 e. The van der Waals surface area contributed by atoms with E-state index in [9.17, 15) is 14.2 Å². The third-order valence-electron chi connectivity index (χ3n) is 3.41. The SMILES string of the molecule is CC(C)C(=O)NCCCC(=O)c1nc2ccccc2nc1OP(=O)(O)O. The highest BCUT2D eigenvalue weighted by molar-refractivity contribution is 7.46. The second kappa shape index (κ2) is 8.35. The molecule has 1 aromatic carbocycles. The summed E-state index contributed by atoms with van der Waals surface area (Å²) in [6.45, 7) is 3.83. The second-order valence-electron chi connectivity index (χ2n) is 5.92. The highest BCUT2D eigenvalue weighted by Gasteiger charge is 2.24. The lowest BCUT2D eigenvalue weighted by Crippen LogP contribution is -2.28. The van der Waals surface area contributed by atoms with E-state index >= 15 is 0 Å². The summed E-state index contributed by atoms with van der Waals surface area (Å²) in [4.78, 5) is 50.1. The van der Waals surface area contributed by atoms with Crippen LogP contribution in [0.3, 0.4) is 0 Å². The number of nitrogens with zero attached hydrogens (tertiary/aromatic N) is 2. The number of benzene rings is 1. The van der Waals surface area contributed by atoms with Crippen LogP contribution in [0.1, 0.15) is 37.2 Å². The number of phosphoric acid groups is 1. The van der Waals surface area contributed by atoms with Gasteiger partial charge >= 0.3 is 7.82 Å². The van der Waals surface area contributed by atoms with Crippen LogP contribution in [0.5, 0.6) is 5.88 Å². The molecule has 2 rings (SSSR count). The number of hydrogen-bond acceptors (Lipinski definition) is 6. The zero-order chi connectivity index (χ0) is 19.3. The number of ketones is 1. The Labute approximate surface area is 150 Å². The maximum atomic E-state index is 12.4. The fourth-order valence-electron chi connectivity index (χ4n) is 2.12. The zero-order valence-electron chi connectivity index (χ0n) is 14.4. The zero-order valence-corrected chi connectivity index (χ0v) is 15.3. The van der Waals surface area contributed by atoms with Crippen molar-refractivity contribution < 1.29 is 28.5 Å². The van der Waals surface area contributed by atoms with Crippen molar-refractivity contribution in [3.63, 3.8) is 0 Å². The van der Waals surface area contributed by atoms with Gasteiger partial charge in [-0.15, -0.1) is 0 Å². The van der Waals surface area contributed by atoms with E-state index in [-0.39, 0.29) is 23.9 Å². The summed E-state index contributed by atoms with van der Waals surface area (Å²) >= 11 is 0. The molecular weight excluding hydrogens is 361 g/mol. The molecule has 0 saturated heterocycles. The third-order valence-corrected chi connectivity index (χ3v) is 3.82. The molecular formula is C16H20N3O6P. The molecule has 1 amide bonds. The van der Waals surface area contributed by atoms with Crippen LogP contribution in [0.4, 0.5) is 0 Å². The van der Waals surface area contributed by atoms with Crippen molar-refractivity contribution in [3.8, 4) is 5.88 Å². The van der Waals surface area contributed by atoms with Crippen molar-refractivity contribution in [1.82, 2.24) is 15.3 Å². The van der Waals surface area contributed by atoms with Crippen LogP contribution < -0.4 is 9.84 Å². The van der Waals surface area contributed by atoms with Crippen LogP contribution >= 0.6 is 7.82 Å². The van der Waals surface area contributed by atoms with Gasteiger partial charge in [0.05, 0.1) is 11.0 Å². The standard InChI is InChI=1S/C16H20N3O6P/c1-10(2)15(21)17-9-5-8-13(20)14-16(25-26(22,23)24)19-12-7-4-3-6-11(12)18-14/h3-4,6-7,10H,5,8-9H2,1-2H3,(H,17,21)(H2,22,23,24). The summed E-state index contributed by atoms with van der Waals surface area (Å²) in [5.41, 5.74) is 0.501. The molecule has 0 aliphatic rings. The molecule has 0 bridgehead atoms. The minimum absolute atomic E-state index is 0.0168. The number of phosphoric ester groups is 1. The van der Waals surface area contributed by atoms with Crippen LogP contribution in [0.15, 0.2) is 24.3 Å². The van der Waals surface area contributed by atoms with Crippen molar-refractivity contribution in [2.75, 3.05) is 6.54 Å². The number of para-hydroxylation sites is 2. The van der Waals surface area contributed by atoms with Crippen molar-refractivity contribution in [2.45, 2.75) is 26.7 Å². The summed E-state index contributed by atoms with van der Waals surface area (Å²) in [5.74, 6) is -1.26. The number of carbonyl (C=O) groups excluding carboxylic acids is 2. The Morgan fingerprint density at radius 3 is 2.38 bits per heavy atom. The maximum absolute atomic E-state index is 12.4. The topological polar surface area (TPSA) is 139 Å². The summed E-state index contributed by atoms with van der Waals surface area (Å²) in [6.07, 6.45) is 0.365.